The van der Waals surface area contributed by atoms with Gasteiger partial charge in [-0.2, -0.15) is 0 Å². The molecule has 0 amide bonds. The van der Waals surface area contributed by atoms with Gasteiger partial charge in [-0.05, 0) is 75.6 Å². The first-order valence-corrected chi connectivity index (χ1v) is 9.91. The van der Waals surface area contributed by atoms with Crippen molar-refractivity contribution in [3.05, 3.63) is 53.5 Å². The quantitative estimate of drug-likeness (QED) is 0.732. The Hall–Kier alpha value is -1.82. The fourth-order valence-electron chi connectivity index (χ4n) is 3.79. The average Bonchev–Trinajstić information content (AvgIpc) is 3.07. The smallest absolute Gasteiger partial charge is 0.119 e. The van der Waals surface area contributed by atoms with Gasteiger partial charge in [-0.3, -0.25) is 4.90 Å². The highest BCUT2D eigenvalue weighted by atomic mass is 16.5. The first-order valence-electron chi connectivity index (χ1n) is 9.91. The molecule has 1 aliphatic heterocycles. The number of ether oxygens (including phenoxy) is 1. The molecule has 0 aliphatic carbocycles. The molecular formula is C22H32N2O3. The summed E-state index contributed by atoms with van der Waals surface area (Å²) in [5, 5.41) is 8.81. The number of aliphatic hydroxyl groups excluding tert-OH is 1. The van der Waals surface area contributed by atoms with Crippen LogP contribution < -0.4 is 4.74 Å². The second kappa shape index (κ2) is 9.93. The highest BCUT2D eigenvalue weighted by Gasteiger charge is 2.21. The third-order valence-corrected chi connectivity index (χ3v) is 5.19. The molecule has 148 valence electrons. The van der Waals surface area contributed by atoms with Crippen LogP contribution in [0.25, 0.3) is 0 Å². The van der Waals surface area contributed by atoms with E-state index in [0.29, 0.717) is 6.61 Å². The van der Waals surface area contributed by atoms with Gasteiger partial charge in [0.05, 0.1) is 13.2 Å². The van der Waals surface area contributed by atoms with Crippen molar-refractivity contribution < 1.29 is 14.3 Å². The lowest BCUT2D eigenvalue weighted by Gasteiger charge is -2.33. The number of furan rings is 1. The van der Waals surface area contributed by atoms with Crippen molar-refractivity contribution >= 4 is 0 Å². The van der Waals surface area contributed by atoms with E-state index in [-0.39, 0.29) is 6.61 Å². The van der Waals surface area contributed by atoms with E-state index in [1.807, 2.05) is 25.1 Å². The highest BCUT2D eigenvalue weighted by Crippen LogP contribution is 2.21. The number of piperidine rings is 1. The van der Waals surface area contributed by atoms with Gasteiger partial charge < -0.3 is 19.2 Å². The van der Waals surface area contributed by atoms with E-state index in [2.05, 4.69) is 35.0 Å². The van der Waals surface area contributed by atoms with Crippen LogP contribution in [-0.2, 0) is 13.1 Å². The van der Waals surface area contributed by atoms with E-state index in [1.165, 1.54) is 18.4 Å². The molecule has 0 saturated carbocycles. The van der Waals surface area contributed by atoms with Crippen LogP contribution in [0.15, 0.2) is 40.8 Å². The molecule has 2 aromatic rings. The minimum atomic E-state index is 0.0461. The number of benzene rings is 1. The highest BCUT2D eigenvalue weighted by molar-refractivity contribution is 5.27. The maximum atomic E-state index is 8.81. The zero-order valence-corrected chi connectivity index (χ0v) is 16.6. The lowest BCUT2D eigenvalue weighted by molar-refractivity contribution is 0.140. The van der Waals surface area contributed by atoms with Gasteiger partial charge in [0.15, 0.2) is 0 Å². The number of aryl methyl sites for hydroxylation is 1. The number of hydrogen-bond acceptors (Lipinski definition) is 5. The van der Waals surface area contributed by atoms with Crippen molar-refractivity contribution in [3.63, 3.8) is 0 Å². The molecule has 3 rings (SSSR count). The Bertz CT molecular complexity index is 675. The number of rotatable bonds is 9. The molecule has 2 heterocycles. The van der Waals surface area contributed by atoms with Gasteiger partial charge in [-0.25, -0.2) is 0 Å². The summed E-state index contributed by atoms with van der Waals surface area (Å²) in [5.41, 5.74) is 1.29. The van der Waals surface area contributed by atoms with E-state index in [9.17, 15) is 0 Å². The standard InChI is InChI=1S/C22H32N2O3/c1-18-3-6-22(27-18)17-24-11-9-20(10-12-24)16-23(2)15-19-4-7-21(8-5-19)26-14-13-25/h3-8,20,25H,9-17H2,1-2H3. The molecule has 0 unspecified atom stereocenters. The maximum absolute atomic E-state index is 8.81. The number of hydrogen-bond donors (Lipinski definition) is 1. The molecule has 1 aliphatic rings. The van der Waals surface area contributed by atoms with E-state index < -0.39 is 0 Å². The van der Waals surface area contributed by atoms with Gasteiger partial charge in [-0.1, -0.05) is 12.1 Å². The van der Waals surface area contributed by atoms with Crippen molar-refractivity contribution in [2.24, 2.45) is 5.92 Å². The SMILES string of the molecule is Cc1ccc(CN2CCC(CN(C)Cc3ccc(OCCO)cc3)CC2)o1. The normalized spacial score (nSPS) is 16.1. The summed E-state index contributed by atoms with van der Waals surface area (Å²) < 4.78 is 11.1. The van der Waals surface area contributed by atoms with Gasteiger partial charge >= 0.3 is 0 Å². The average molecular weight is 373 g/mol. The van der Waals surface area contributed by atoms with E-state index in [4.69, 9.17) is 14.3 Å². The van der Waals surface area contributed by atoms with Crippen molar-refractivity contribution in [2.75, 3.05) is 39.9 Å². The maximum Gasteiger partial charge on any atom is 0.119 e. The minimum absolute atomic E-state index is 0.0461. The van der Waals surface area contributed by atoms with Gasteiger partial charge in [0.1, 0.15) is 23.9 Å². The molecule has 0 spiro atoms. The summed E-state index contributed by atoms with van der Waals surface area (Å²) in [5.74, 6) is 3.65. The van der Waals surface area contributed by atoms with E-state index in [1.54, 1.807) is 0 Å². The molecule has 1 saturated heterocycles. The van der Waals surface area contributed by atoms with E-state index >= 15 is 0 Å². The number of likely N-dealkylation sites (tertiary alicyclic amines) is 1. The molecule has 27 heavy (non-hydrogen) atoms. The summed E-state index contributed by atoms with van der Waals surface area (Å²) in [6.07, 6.45) is 2.50. The summed E-state index contributed by atoms with van der Waals surface area (Å²) in [4.78, 5) is 4.92. The number of nitrogens with zero attached hydrogens (tertiary/aromatic N) is 2. The Morgan fingerprint density at radius 1 is 1.15 bits per heavy atom. The predicted molar refractivity (Wildman–Crippen MR) is 107 cm³/mol. The third kappa shape index (κ3) is 6.38. The summed E-state index contributed by atoms with van der Waals surface area (Å²) >= 11 is 0. The summed E-state index contributed by atoms with van der Waals surface area (Å²) in [7, 11) is 2.20. The fraction of sp³-hybridized carbons (Fsp3) is 0.545. The van der Waals surface area contributed by atoms with Crippen LogP contribution in [0.3, 0.4) is 0 Å². The van der Waals surface area contributed by atoms with Crippen LogP contribution in [0.1, 0.15) is 29.9 Å². The molecule has 5 heteroatoms. The van der Waals surface area contributed by atoms with Gasteiger partial charge in [0.25, 0.3) is 0 Å². The molecule has 5 nitrogen and oxygen atoms in total. The van der Waals surface area contributed by atoms with Crippen LogP contribution in [0.5, 0.6) is 5.75 Å². The Labute approximate surface area is 162 Å². The lowest BCUT2D eigenvalue weighted by Crippen LogP contribution is -2.37. The minimum Gasteiger partial charge on any atom is -0.491 e. The Balaban J connectivity index is 1.38. The van der Waals surface area contributed by atoms with Crippen LogP contribution in [0.2, 0.25) is 0 Å². The van der Waals surface area contributed by atoms with Crippen LogP contribution in [0, 0.1) is 12.8 Å². The first kappa shape index (κ1) is 19.9. The lowest BCUT2D eigenvalue weighted by atomic mass is 9.96. The summed E-state index contributed by atoms with van der Waals surface area (Å²) in [6.45, 7) is 7.71. The molecule has 1 aromatic heterocycles. The van der Waals surface area contributed by atoms with Crippen LogP contribution >= 0.6 is 0 Å². The van der Waals surface area contributed by atoms with Crippen LogP contribution in [0.4, 0.5) is 0 Å². The van der Waals surface area contributed by atoms with Crippen molar-refractivity contribution in [1.29, 1.82) is 0 Å². The molecule has 0 bridgehead atoms. The second-order valence-electron chi connectivity index (χ2n) is 7.64. The summed E-state index contributed by atoms with van der Waals surface area (Å²) in [6, 6.07) is 12.3. The Kier molecular flexibility index (Phi) is 7.33. The molecular weight excluding hydrogens is 340 g/mol. The third-order valence-electron chi connectivity index (χ3n) is 5.19. The van der Waals surface area contributed by atoms with Gasteiger partial charge in [-0.15, -0.1) is 0 Å². The fourth-order valence-corrected chi connectivity index (χ4v) is 3.79. The zero-order chi connectivity index (χ0) is 19.1. The molecule has 1 fully saturated rings. The van der Waals surface area contributed by atoms with Crippen molar-refractivity contribution in [2.45, 2.75) is 32.9 Å². The second-order valence-corrected chi connectivity index (χ2v) is 7.64. The topological polar surface area (TPSA) is 49.1 Å². The largest absolute Gasteiger partial charge is 0.491 e. The predicted octanol–water partition coefficient (Wildman–Crippen LogP) is 3.30. The van der Waals surface area contributed by atoms with Crippen molar-refractivity contribution in [1.82, 2.24) is 9.80 Å². The van der Waals surface area contributed by atoms with Gasteiger partial charge in [0.2, 0.25) is 0 Å². The van der Waals surface area contributed by atoms with Gasteiger partial charge in [0, 0.05) is 13.1 Å². The Morgan fingerprint density at radius 2 is 1.89 bits per heavy atom. The van der Waals surface area contributed by atoms with Crippen LogP contribution in [-0.4, -0.2) is 54.8 Å². The van der Waals surface area contributed by atoms with Crippen molar-refractivity contribution in [3.8, 4) is 5.75 Å². The zero-order valence-electron chi connectivity index (χ0n) is 16.6. The molecule has 1 N–H and O–H groups in total. The monoisotopic (exact) mass is 372 g/mol. The first-order chi connectivity index (χ1) is 13.1. The molecule has 0 radical (unpaired) electrons. The van der Waals surface area contributed by atoms with E-state index in [0.717, 1.165) is 55.9 Å². The number of aliphatic hydroxyl groups is 1. The molecule has 0 atom stereocenters. The Morgan fingerprint density at radius 3 is 2.52 bits per heavy atom. The molecule has 1 aromatic carbocycles.